The predicted molar refractivity (Wildman–Crippen MR) is 80.9 cm³/mol. The van der Waals surface area contributed by atoms with Crippen LogP contribution in [0.1, 0.15) is 45.0 Å². The summed E-state index contributed by atoms with van der Waals surface area (Å²) in [6.45, 7) is 10.0. The normalized spacial score (nSPS) is 22.9. The van der Waals surface area contributed by atoms with Crippen LogP contribution < -0.4 is 10.2 Å². The summed E-state index contributed by atoms with van der Waals surface area (Å²) in [5.41, 5.74) is 1.17. The number of nitrogens with zero attached hydrogens (tertiary/aromatic N) is 3. The number of aromatic nitrogens is 2. The number of hydrogen-bond acceptors (Lipinski definition) is 4. The van der Waals surface area contributed by atoms with Crippen molar-refractivity contribution in [2.75, 3.05) is 23.8 Å². The van der Waals surface area contributed by atoms with Gasteiger partial charge in [-0.1, -0.05) is 13.8 Å². The third-order valence-electron chi connectivity index (χ3n) is 3.93. The summed E-state index contributed by atoms with van der Waals surface area (Å²) in [5.74, 6) is 3.80. The van der Waals surface area contributed by atoms with Gasteiger partial charge in [-0.2, -0.15) is 0 Å². The third kappa shape index (κ3) is 2.82. The van der Waals surface area contributed by atoms with Crippen molar-refractivity contribution in [1.29, 1.82) is 0 Å². The van der Waals surface area contributed by atoms with Crippen molar-refractivity contribution in [3.05, 3.63) is 11.4 Å². The van der Waals surface area contributed by atoms with Crippen molar-refractivity contribution in [3.8, 4) is 0 Å². The Morgan fingerprint density at radius 1 is 1.32 bits per heavy atom. The molecule has 1 aromatic rings. The molecule has 0 saturated carbocycles. The van der Waals surface area contributed by atoms with Gasteiger partial charge in [-0.15, -0.1) is 0 Å². The van der Waals surface area contributed by atoms with Crippen molar-refractivity contribution < 1.29 is 0 Å². The maximum atomic E-state index is 4.81. The first-order valence-corrected chi connectivity index (χ1v) is 7.38. The minimum atomic E-state index is 0.572. The molecule has 0 bridgehead atoms. The fourth-order valence-corrected chi connectivity index (χ4v) is 3.00. The summed E-state index contributed by atoms with van der Waals surface area (Å²) < 4.78 is 0. The molecule has 0 aliphatic carbocycles. The number of anilines is 2. The Morgan fingerprint density at radius 3 is 2.58 bits per heavy atom. The van der Waals surface area contributed by atoms with Crippen LogP contribution in [0.5, 0.6) is 0 Å². The maximum Gasteiger partial charge on any atom is 0.137 e. The zero-order chi connectivity index (χ0) is 14.0. The molecule has 0 radical (unpaired) electrons. The first kappa shape index (κ1) is 14.1. The minimum absolute atomic E-state index is 0.572. The van der Waals surface area contributed by atoms with Crippen molar-refractivity contribution in [3.63, 3.8) is 0 Å². The average Bonchev–Trinajstić information content (AvgIpc) is 2.70. The lowest BCUT2D eigenvalue weighted by Gasteiger charge is -2.25. The number of rotatable bonds is 4. The molecule has 0 aromatic carbocycles. The van der Waals surface area contributed by atoms with Gasteiger partial charge in [0, 0.05) is 31.6 Å². The standard InChI is InChI=1S/C15H26N4/c1-6-7-13-17-14(16-5)12(4)15(18-13)19-9-10(2)8-11(19)3/h10-11H,6-9H2,1-5H3,(H,16,17,18). The van der Waals surface area contributed by atoms with Gasteiger partial charge in [0.15, 0.2) is 0 Å². The lowest BCUT2D eigenvalue weighted by atomic mass is 10.1. The Labute approximate surface area is 116 Å². The molecule has 1 fully saturated rings. The van der Waals surface area contributed by atoms with Crippen LogP contribution in [0.25, 0.3) is 0 Å². The zero-order valence-corrected chi connectivity index (χ0v) is 12.8. The molecule has 1 aliphatic rings. The van der Waals surface area contributed by atoms with Gasteiger partial charge in [0.2, 0.25) is 0 Å². The second kappa shape index (κ2) is 5.76. The monoisotopic (exact) mass is 262 g/mol. The molecular weight excluding hydrogens is 236 g/mol. The Kier molecular flexibility index (Phi) is 4.27. The van der Waals surface area contributed by atoms with E-state index in [0.29, 0.717) is 6.04 Å². The highest BCUT2D eigenvalue weighted by molar-refractivity contribution is 5.59. The Morgan fingerprint density at radius 2 is 2.05 bits per heavy atom. The van der Waals surface area contributed by atoms with Crippen LogP contribution in [-0.2, 0) is 6.42 Å². The third-order valence-corrected chi connectivity index (χ3v) is 3.93. The molecule has 2 rings (SSSR count). The quantitative estimate of drug-likeness (QED) is 0.905. The van der Waals surface area contributed by atoms with Crippen LogP contribution in [0, 0.1) is 12.8 Å². The van der Waals surface area contributed by atoms with Crippen molar-refractivity contribution in [1.82, 2.24) is 9.97 Å². The van der Waals surface area contributed by atoms with E-state index in [2.05, 4.69) is 42.9 Å². The van der Waals surface area contributed by atoms with E-state index >= 15 is 0 Å². The molecule has 0 spiro atoms. The predicted octanol–water partition coefficient (Wildman–Crippen LogP) is 3.01. The van der Waals surface area contributed by atoms with E-state index in [4.69, 9.17) is 4.98 Å². The number of nitrogens with one attached hydrogen (secondary N) is 1. The molecule has 2 unspecified atom stereocenters. The van der Waals surface area contributed by atoms with Gasteiger partial charge >= 0.3 is 0 Å². The smallest absolute Gasteiger partial charge is 0.137 e. The highest BCUT2D eigenvalue weighted by Crippen LogP contribution is 2.31. The van der Waals surface area contributed by atoms with E-state index in [0.717, 1.165) is 42.8 Å². The largest absolute Gasteiger partial charge is 0.373 e. The Hall–Kier alpha value is -1.32. The molecule has 0 amide bonds. The lowest BCUT2D eigenvalue weighted by molar-refractivity contribution is 0.625. The molecule has 106 valence electrons. The van der Waals surface area contributed by atoms with Gasteiger partial charge in [0.05, 0.1) is 0 Å². The van der Waals surface area contributed by atoms with Crippen LogP contribution in [0.15, 0.2) is 0 Å². The molecule has 2 atom stereocenters. The zero-order valence-electron chi connectivity index (χ0n) is 12.8. The fraction of sp³-hybridized carbons (Fsp3) is 0.733. The second-order valence-corrected chi connectivity index (χ2v) is 5.78. The molecule has 1 N–H and O–H groups in total. The maximum absolute atomic E-state index is 4.81. The van der Waals surface area contributed by atoms with Gasteiger partial charge in [-0.25, -0.2) is 9.97 Å². The van der Waals surface area contributed by atoms with Crippen LogP contribution >= 0.6 is 0 Å². The second-order valence-electron chi connectivity index (χ2n) is 5.78. The van der Waals surface area contributed by atoms with E-state index in [-0.39, 0.29) is 0 Å². The Bertz CT molecular complexity index is 444. The van der Waals surface area contributed by atoms with Crippen LogP contribution in [0.4, 0.5) is 11.6 Å². The van der Waals surface area contributed by atoms with E-state index < -0.39 is 0 Å². The van der Waals surface area contributed by atoms with Crippen molar-refractivity contribution >= 4 is 11.6 Å². The van der Waals surface area contributed by atoms with Crippen molar-refractivity contribution in [2.45, 2.75) is 53.0 Å². The lowest BCUT2D eigenvalue weighted by Crippen LogP contribution is -2.29. The number of aryl methyl sites for hydroxylation is 1. The first-order chi connectivity index (χ1) is 9.06. The minimum Gasteiger partial charge on any atom is -0.373 e. The Balaban J connectivity index is 2.40. The van der Waals surface area contributed by atoms with E-state index in [1.54, 1.807) is 0 Å². The van der Waals surface area contributed by atoms with Crippen LogP contribution in [-0.4, -0.2) is 29.6 Å². The summed E-state index contributed by atoms with van der Waals surface area (Å²) in [5, 5.41) is 3.21. The molecule has 4 nitrogen and oxygen atoms in total. The van der Waals surface area contributed by atoms with Gasteiger partial charge in [0.1, 0.15) is 17.5 Å². The van der Waals surface area contributed by atoms with Gasteiger partial charge in [-0.3, -0.25) is 0 Å². The highest BCUT2D eigenvalue weighted by atomic mass is 15.2. The summed E-state index contributed by atoms with van der Waals surface area (Å²) in [7, 11) is 1.94. The van der Waals surface area contributed by atoms with E-state index in [1.807, 2.05) is 7.05 Å². The molecule has 1 saturated heterocycles. The average molecular weight is 262 g/mol. The molecule has 1 aliphatic heterocycles. The van der Waals surface area contributed by atoms with Crippen LogP contribution in [0.2, 0.25) is 0 Å². The van der Waals surface area contributed by atoms with E-state index in [9.17, 15) is 0 Å². The summed E-state index contributed by atoms with van der Waals surface area (Å²) in [6.07, 6.45) is 3.28. The summed E-state index contributed by atoms with van der Waals surface area (Å²) in [6, 6.07) is 0.572. The van der Waals surface area contributed by atoms with Gasteiger partial charge < -0.3 is 10.2 Å². The highest BCUT2D eigenvalue weighted by Gasteiger charge is 2.29. The van der Waals surface area contributed by atoms with E-state index in [1.165, 1.54) is 12.0 Å². The molecule has 2 heterocycles. The molecule has 4 heteroatoms. The SMILES string of the molecule is CCCc1nc(NC)c(C)c(N2CC(C)CC2C)n1. The fourth-order valence-electron chi connectivity index (χ4n) is 3.00. The van der Waals surface area contributed by atoms with Gasteiger partial charge in [-0.05, 0) is 32.6 Å². The first-order valence-electron chi connectivity index (χ1n) is 7.38. The molecule has 19 heavy (non-hydrogen) atoms. The number of hydrogen-bond donors (Lipinski definition) is 1. The van der Waals surface area contributed by atoms with Gasteiger partial charge in [0.25, 0.3) is 0 Å². The summed E-state index contributed by atoms with van der Waals surface area (Å²) >= 11 is 0. The molecule has 1 aromatic heterocycles. The molecular formula is C15H26N4. The van der Waals surface area contributed by atoms with Crippen molar-refractivity contribution in [2.24, 2.45) is 5.92 Å². The topological polar surface area (TPSA) is 41.1 Å². The summed E-state index contributed by atoms with van der Waals surface area (Å²) in [4.78, 5) is 11.9. The van der Waals surface area contributed by atoms with Crippen LogP contribution in [0.3, 0.4) is 0 Å².